The monoisotopic (exact) mass is 310 g/mol. The van der Waals surface area contributed by atoms with Crippen molar-refractivity contribution >= 4 is 41.3 Å². The molecule has 0 aliphatic heterocycles. The molecule has 1 unspecified atom stereocenters. The Hall–Kier alpha value is -0.290. The summed E-state index contributed by atoms with van der Waals surface area (Å²) in [7, 11) is 0. The number of carbonyl (C=O) groups excluding carboxylic acids is 1. The molecule has 3 N–H and O–H groups in total. The van der Waals surface area contributed by atoms with Gasteiger partial charge in [-0.05, 0) is 24.5 Å². The fourth-order valence-corrected chi connectivity index (χ4v) is 2.39. The molecule has 0 saturated heterocycles. The first-order valence-electron chi connectivity index (χ1n) is 5.53. The topological polar surface area (TPSA) is 55.1 Å². The minimum absolute atomic E-state index is 0. The van der Waals surface area contributed by atoms with Crippen molar-refractivity contribution in [2.75, 3.05) is 0 Å². The summed E-state index contributed by atoms with van der Waals surface area (Å²) in [4.78, 5) is 12.9. The van der Waals surface area contributed by atoms with Crippen molar-refractivity contribution in [1.82, 2.24) is 5.32 Å². The summed E-state index contributed by atoms with van der Waals surface area (Å²) in [6.07, 6.45) is 0. The van der Waals surface area contributed by atoms with Crippen LogP contribution in [0.3, 0.4) is 0 Å². The number of hydrogen-bond acceptors (Lipinski definition) is 3. The van der Waals surface area contributed by atoms with Crippen molar-refractivity contribution in [3.63, 3.8) is 0 Å². The Morgan fingerprint density at radius 2 is 2.00 bits per heavy atom. The van der Waals surface area contributed by atoms with Crippen molar-refractivity contribution in [3.05, 3.63) is 21.3 Å². The minimum atomic E-state index is -0.514. The highest BCUT2D eigenvalue weighted by Crippen LogP contribution is 2.27. The lowest BCUT2D eigenvalue weighted by Crippen LogP contribution is -2.49. The van der Waals surface area contributed by atoms with E-state index in [1.54, 1.807) is 0 Å². The third-order valence-corrected chi connectivity index (χ3v) is 4.01. The van der Waals surface area contributed by atoms with Crippen LogP contribution in [0.4, 0.5) is 0 Å². The lowest BCUT2D eigenvalue weighted by atomic mass is 9.87. The molecular weight excluding hydrogens is 291 g/mol. The molecule has 0 fully saturated rings. The van der Waals surface area contributed by atoms with Gasteiger partial charge in [0.15, 0.2) is 0 Å². The second kappa shape index (κ2) is 6.75. The second-order valence-corrected chi connectivity index (χ2v) is 6.96. The lowest BCUT2D eigenvalue weighted by molar-refractivity contribution is -0.125. The van der Waals surface area contributed by atoms with Gasteiger partial charge in [0, 0.05) is 4.88 Å². The lowest BCUT2D eigenvalue weighted by Gasteiger charge is -2.27. The molecule has 0 radical (unpaired) electrons. The maximum atomic E-state index is 11.9. The fourth-order valence-electron chi connectivity index (χ4n) is 1.33. The molecule has 3 nitrogen and oxygen atoms in total. The van der Waals surface area contributed by atoms with Crippen LogP contribution in [0.2, 0.25) is 4.34 Å². The average Bonchev–Trinajstić information content (AvgIpc) is 2.62. The average molecular weight is 311 g/mol. The van der Waals surface area contributed by atoms with Crippen LogP contribution in [0.15, 0.2) is 12.1 Å². The van der Waals surface area contributed by atoms with E-state index in [9.17, 15) is 4.79 Å². The quantitative estimate of drug-likeness (QED) is 0.899. The summed E-state index contributed by atoms with van der Waals surface area (Å²) in [5, 5.41) is 2.90. The molecule has 1 aromatic rings. The zero-order valence-corrected chi connectivity index (χ0v) is 13.4. The molecule has 0 aromatic carbocycles. The maximum Gasteiger partial charge on any atom is 0.237 e. The molecule has 0 bridgehead atoms. The van der Waals surface area contributed by atoms with Crippen LogP contribution in [-0.4, -0.2) is 11.9 Å². The van der Waals surface area contributed by atoms with Crippen molar-refractivity contribution in [1.29, 1.82) is 0 Å². The van der Waals surface area contributed by atoms with E-state index in [2.05, 4.69) is 5.32 Å². The summed E-state index contributed by atoms with van der Waals surface area (Å²) in [6.45, 7) is 7.77. The van der Waals surface area contributed by atoms with E-state index >= 15 is 0 Å². The molecule has 104 valence electrons. The van der Waals surface area contributed by atoms with Gasteiger partial charge in [0.1, 0.15) is 0 Å². The standard InChI is InChI=1S/C12H19ClN2OS.ClH/c1-7(8-5-6-9(13)17-8)15-11(16)10(14)12(2,3)4;/h5-7,10H,14H2,1-4H3,(H,15,16);1H/t7?,10-;/m1./s1. The number of rotatable bonds is 3. The van der Waals surface area contributed by atoms with Gasteiger partial charge in [-0.15, -0.1) is 23.7 Å². The van der Waals surface area contributed by atoms with Crippen molar-refractivity contribution < 1.29 is 4.79 Å². The Kier molecular flexibility index (Phi) is 6.65. The molecule has 2 atom stereocenters. The van der Waals surface area contributed by atoms with Gasteiger partial charge in [-0.2, -0.15) is 0 Å². The molecule has 1 amide bonds. The van der Waals surface area contributed by atoms with Crippen LogP contribution >= 0.6 is 35.3 Å². The molecule has 0 saturated carbocycles. The summed E-state index contributed by atoms with van der Waals surface area (Å²) in [5.74, 6) is -0.130. The normalized spacial score (nSPS) is 14.6. The number of nitrogens with two attached hydrogens (primary N) is 1. The Morgan fingerprint density at radius 3 is 2.39 bits per heavy atom. The number of halogens is 2. The van der Waals surface area contributed by atoms with Gasteiger partial charge in [-0.1, -0.05) is 32.4 Å². The Bertz CT molecular complexity index is 401. The first-order valence-corrected chi connectivity index (χ1v) is 6.72. The van der Waals surface area contributed by atoms with Crippen molar-refractivity contribution in [2.45, 2.75) is 39.8 Å². The molecule has 6 heteroatoms. The number of carbonyl (C=O) groups is 1. The summed E-state index contributed by atoms with van der Waals surface area (Å²) in [6, 6.07) is 3.17. The third kappa shape index (κ3) is 4.76. The van der Waals surface area contributed by atoms with Gasteiger partial charge in [0.2, 0.25) is 5.91 Å². The molecule has 1 rings (SSSR count). The van der Waals surface area contributed by atoms with Crippen molar-refractivity contribution in [3.8, 4) is 0 Å². The van der Waals surface area contributed by atoms with Gasteiger partial charge < -0.3 is 11.1 Å². The first-order chi connectivity index (χ1) is 7.71. The number of thiophene rings is 1. The fraction of sp³-hybridized carbons (Fsp3) is 0.583. The second-order valence-electron chi connectivity index (χ2n) is 5.22. The molecule has 18 heavy (non-hydrogen) atoms. The van der Waals surface area contributed by atoms with Gasteiger partial charge in [0.25, 0.3) is 0 Å². The van der Waals surface area contributed by atoms with E-state index in [1.165, 1.54) is 11.3 Å². The molecule has 1 aromatic heterocycles. The number of amides is 1. The van der Waals surface area contributed by atoms with Gasteiger partial charge >= 0.3 is 0 Å². The molecular formula is C12H20Cl2N2OS. The summed E-state index contributed by atoms with van der Waals surface area (Å²) in [5.41, 5.74) is 5.65. The predicted octanol–water partition coefficient (Wildman–Crippen LogP) is 3.37. The Balaban J connectivity index is 0.00000289. The van der Waals surface area contributed by atoms with Crippen molar-refractivity contribution in [2.24, 2.45) is 11.1 Å². The smallest absolute Gasteiger partial charge is 0.237 e. The van der Waals surface area contributed by atoms with E-state index in [1.807, 2.05) is 39.8 Å². The predicted molar refractivity (Wildman–Crippen MR) is 80.6 cm³/mol. The number of nitrogens with one attached hydrogen (secondary N) is 1. The zero-order valence-electron chi connectivity index (χ0n) is 11.0. The zero-order chi connectivity index (χ0) is 13.2. The van der Waals surface area contributed by atoms with E-state index in [4.69, 9.17) is 17.3 Å². The van der Waals surface area contributed by atoms with Crippen LogP contribution in [0.1, 0.15) is 38.6 Å². The highest BCUT2D eigenvalue weighted by molar-refractivity contribution is 7.16. The van der Waals surface area contributed by atoms with Gasteiger partial charge in [0.05, 0.1) is 16.4 Å². The molecule has 0 aliphatic rings. The molecule has 0 spiro atoms. The third-order valence-electron chi connectivity index (χ3n) is 2.60. The van der Waals surface area contributed by atoms with Gasteiger partial charge in [-0.3, -0.25) is 4.79 Å². The summed E-state index contributed by atoms with van der Waals surface area (Å²) < 4.78 is 0.723. The van der Waals surface area contributed by atoms with E-state index < -0.39 is 6.04 Å². The summed E-state index contributed by atoms with van der Waals surface area (Å²) >= 11 is 7.32. The van der Waals surface area contributed by atoms with E-state index in [0.717, 1.165) is 9.21 Å². The Morgan fingerprint density at radius 1 is 1.44 bits per heavy atom. The number of hydrogen-bond donors (Lipinski definition) is 2. The highest BCUT2D eigenvalue weighted by atomic mass is 35.5. The highest BCUT2D eigenvalue weighted by Gasteiger charge is 2.28. The van der Waals surface area contributed by atoms with Gasteiger partial charge in [-0.25, -0.2) is 0 Å². The van der Waals surface area contributed by atoms with E-state index in [-0.39, 0.29) is 29.8 Å². The van der Waals surface area contributed by atoms with Crippen LogP contribution in [0.25, 0.3) is 0 Å². The van der Waals surface area contributed by atoms with Crippen LogP contribution in [-0.2, 0) is 4.79 Å². The minimum Gasteiger partial charge on any atom is -0.347 e. The largest absolute Gasteiger partial charge is 0.347 e. The van der Waals surface area contributed by atoms with Crippen LogP contribution in [0, 0.1) is 5.41 Å². The molecule has 0 aliphatic carbocycles. The Labute approximate surface area is 123 Å². The maximum absolute atomic E-state index is 11.9. The first kappa shape index (κ1) is 17.7. The SMILES string of the molecule is CC(NC(=O)[C@@H](N)C(C)(C)C)c1ccc(Cl)s1.Cl. The van der Waals surface area contributed by atoms with E-state index in [0.29, 0.717) is 0 Å². The van der Waals surface area contributed by atoms with Crippen LogP contribution < -0.4 is 11.1 Å². The molecule has 1 heterocycles. The van der Waals surface area contributed by atoms with Crippen LogP contribution in [0.5, 0.6) is 0 Å².